The average Bonchev–Trinajstić information content (AvgIpc) is 3.11. The molecule has 1 aliphatic rings. The summed E-state index contributed by atoms with van der Waals surface area (Å²) in [6.45, 7) is 7.50. The molecule has 3 heterocycles. The SMILES string of the molecule is CC(C)(C)OC(=O)N1CCC(Cn2c(CO)nc3cccnc32)C1. The molecule has 1 unspecified atom stereocenters. The molecule has 0 radical (unpaired) electrons. The Morgan fingerprint density at radius 2 is 2.25 bits per heavy atom. The number of amides is 1. The molecule has 1 atom stereocenters. The normalized spacial score (nSPS) is 18.3. The van der Waals surface area contributed by atoms with Crippen LogP contribution in [0.3, 0.4) is 0 Å². The lowest BCUT2D eigenvalue weighted by Gasteiger charge is -2.24. The van der Waals surface area contributed by atoms with Crippen molar-refractivity contribution in [2.45, 2.75) is 45.9 Å². The zero-order valence-corrected chi connectivity index (χ0v) is 14.4. The van der Waals surface area contributed by atoms with Crippen LogP contribution >= 0.6 is 0 Å². The van der Waals surface area contributed by atoms with Gasteiger partial charge in [-0.3, -0.25) is 0 Å². The van der Waals surface area contributed by atoms with Gasteiger partial charge < -0.3 is 19.3 Å². The number of aliphatic hydroxyl groups is 1. The first kappa shape index (κ1) is 16.7. The number of aliphatic hydroxyl groups excluding tert-OH is 1. The lowest BCUT2D eigenvalue weighted by Crippen LogP contribution is -2.35. The predicted molar refractivity (Wildman–Crippen MR) is 89.4 cm³/mol. The maximum Gasteiger partial charge on any atom is 0.410 e. The molecule has 0 spiro atoms. The first-order valence-corrected chi connectivity index (χ1v) is 8.26. The van der Waals surface area contributed by atoms with Crippen molar-refractivity contribution >= 4 is 17.3 Å². The second-order valence-corrected chi connectivity index (χ2v) is 7.22. The number of imidazole rings is 1. The highest BCUT2D eigenvalue weighted by atomic mass is 16.6. The summed E-state index contributed by atoms with van der Waals surface area (Å²) in [6, 6.07) is 3.72. The molecule has 0 aromatic carbocycles. The monoisotopic (exact) mass is 332 g/mol. The van der Waals surface area contributed by atoms with E-state index in [1.165, 1.54) is 0 Å². The largest absolute Gasteiger partial charge is 0.444 e. The van der Waals surface area contributed by atoms with E-state index in [0.29, 0.717) is 31.4 Å². The van der Waals surface area contributed by atoms with E-state index in [2.05, 4.69) is 9.97 Å². The van der Waals surface area contributed by atoms with Crippen molar-refractivity contribution in [1.29, 1.82) is 0 Å². The third-order valence-corrected chi connectivity index (χ3v) is 4.10. The summed E-state index contributed by atoms with van der Waals surface area (Å²) in [7, 11) is 0. The molecule has 2 aromatic rings. The van der Waals surface area contributed by atoms with Crippen LogP contribution in [-0.4, -0.2) is 49.3 Å². The summed E-state index contributed by atoms with van der Waals surface area (Å²) in [6.07, 6.45) is 2.36. The van der Waals surface area contributed by atoms with Crippen molar-refractivity contribution in [2.75, 3.05) is 13.1 Å². The fourth-order valence-corrected chi connectivity index (χ4v) is 3.05. The lowest BCUT2D eigenvalue weighted by molar-refractivity contribution is 0.0287. The number of hydrogen-bond donors (Lipinski definition) is 1. The van der Waals surface area contributed by atoms with E-state index >= 15 is 0 Å². The number of fused-ring (bicyclic) bond motifs is 1. The van der Waals surface area contributed by atoms with Gasteiger partial charge in [0.1, 0.15) is 23.5 Å². The van der Waals surface area contributed by atoms with E-state index in [-0.39, 0.29) is 12.7 Å². The Labute approximate surface area is 141 Å². The van der Waals surface area contributed by atoms with Gasteiger partial charge in [0, 0.05) is 25.8 Å². The van der Waals surface area contributed by atoms with E-state index in [1.807, 2.05) is 37.5 Å². The smallest absolute Gasteiger partial charge is 0.410 e. The molecule has 1 amide bonds. The Kier molecular flexibility index (Phi) is 4.45. The Morgan fingerprint density at radius 3 is 2.96 bits per heavy atom. The van der Waals surface area contributed by atoms with Crippen LogP contribution in [0.5, 0.6) is 0 Å². The van der Waals surface area contributed by atoms with Gasteiger partial charge >= 0.3 is 6.09 Å². The minimum absolute atomic E-state index is 0.126. The standard InChI is InChI=1S/C17H24N4O3/c1-17(2,3)24-16(23)20-8-6-12(9-20)10-21-14(11-22)19-13-5-4-7-18-15(13)21/h4-5,7,12,22H,6,8-11H2,1-3H3. The van der Waals surface area contributed by atoms with E-state index < -0.39 is 5.60 Å². The maximum atomic E-state index is 12.2. The highest BCUT2D eigenvalue weighted by Crippen LogP contribution is 2.23. The number of carbonyl (C=O) groups is 1. The zero-order chi connectivity index (χ0) is 17.3. The van der Waals surface area contributed by atoms with Gasteiger partial charge in [0.2, 0.25) is 0 Å². The quantitative estimate of drug-likeness (QED) is 0.932. The fraction of sp³-hybridized carbons (Fsp3) is 0.588. The molecule has 1 aliphatic heterocycles. The van der Waals surface area contributed by atoms with E-state index in [4.69, 9.17) is 4.74 Å². The minimum atomic E-state index is -0.482. The van der Waals surface area contributed by atoms with Gasteiger partial charge in [-0.25, -0.2) is 14.8 Å². The number of pyridine rings is 1. The molecule has 24 heavy (non-hydrogen) atoms. The number of nitrogens with zero attached hydrogens (tertiary/aromatic N) is 4. The van der Waals surface area contributed by atoms with Crippen LogP contribution in [0.1, 0.15) is 33.0 Å². The molecule has 7 heteroatoms. The molecular formula is C17H24N4O3. The van der Waals surface area contributed by atoms with E-state index in [0.717, 1.165) is 17.6 Å². The van der Waals surface area contributed by atoms with Crippen molar-refractivity contribution < 1.29 is 14.6 Å². The first-order valence-electron chi connectivity index (χ1n) is 8.26. The second kappa shape index (κ2) is 6.39. The molecule has 1 N–H and O–H groups in total. The third-order valence-electron chi connectivity index (χ3n) is 4.10. The Morgan fingerprint density at radius 1 is 1.46 bits per heavy atom. The second-order valence-electron chi connectivity index (χ2n) is 7.22. The number of rotatable bonds is 3. The van der Waals surface area contributed by atoms with Crippen LogP contribution in [0.2, 0.25) is 0 Å². The molecule has 2 aromatic heterocycles. The first-order chi connectivity index (χ1) is 11.4. The molecule has 1 fully saturated rings. The van der Waals surface area contributed by atoms with Crippen molar-refractivity contribution in [1.82, 2.24) is 19.4 Å². The minimum Gasteiger partial charge on any atom is -0.444 e. The molecule has 0 aliphatic carbocycles. The van der Waals surface area contributed by atoms with Gasteiger partial charge in [0.05, 0.1) is 0 Å². The van der Waals surface area contributed by atoms with Crippen molar-refractivity contribution in [3.05, 3.63) is 24.2 Å². The molecule has 130 valence electrons. The van der Waals surface area contributed by atoms with Crippen LogP contribution in [0, 0.1) is 5.92 Å². The third kappa shape index (κ3) is 3.51. The van der Waals surface area contributed by atoms with Crippen LogP contribution in [0.25, 0.3) is 11.2 Å². The van der Waals surface area contributed by atoms with Crippen LogP contribution in [-0.2, 0) is 17.9 Å². The molecule has 1 saturated heterocycles. The molecule has 0 saturated carbocycles. The lowest BCUT2D eigenvalue weighted by atomic mass is 10.1. The van der Waals surface area contributed by atoms with Crippen molar-refractivity contribution in [3.8, 4) is 0 Å². The van der Waals surface area contributed by atoms with Crippen LogP contribution in [0.4, 0.5) is 4.79 Å². The van der Waals surface area contributed by atoms with Gasteiger partial charge in [0.15, 0.2) is 5.65 Å². The van der Waals surface area contributed by atoms with Gasteiger partial charge in [-0.05, 0) is 45.2 Å². The molecule has 7 nitrogen and oxygen atoms in total. The van der Waals surface area contributed by atoms with E-state index in [9.17, 15) is 9.90 Å². The Balaban J connectivity index is 1.71. The molecule has 3 rings (SSSR count). The van der Waals surface area contributed by atoms with Gasteiger partial charge in [-0.15, -0.1) is 0 Å². The summed E-state index contributed by atoms with van der Waals surface area (Å²) in [5.41, 5.74) is 1.07. The Bertz CT molecular complexity index is 735. The maximum absolute atomic E-state index is 12.2. The zero-order valence-electron chi connectivity index (χ0n) is 14.4. The highest BCUT2D eigenvalue weighted by Gasteiger charge is 2.30. The average molecular weight is 332 g/mol. The molecular weight excluding hydrogens is 308 g/mol. The number of carbonyl (C=O) groups excluding carboxylic acids is 1. The van der Waals surface area contributed by atoms with Crippen LogP contribution in [0.15, 0.2) is 18.3 Å². The van der Waals surface area contributed by atoms with Crippen molar-refractivity contribution in [3.63, 3.8) is 0 Å². The summed E-state index contributed by atoms with van der Waals surface area (Å²) < 4.78 is 7.39. The number of likely N-dealkylation sites (tertiary alicyclic amines) is 1. The summed E-state index contributed by atoms with van der Waals surface area (Å²) >= 11 is 0. The highest BCUT2D eigenvalue weighted by molar-refractivity contribution is 5.71. The Hall–Kier alpha value is -2.15. The number of aromatic nitrogens is 3. The summed E-state index contributed by atoms with van der Waals surface area (Å²) in [5.74, 6) is 0.904. The fourth-order valence-electron chi connectivity index (χ4n) is 3.05. The number of ether oxygens (including phenoxy) is 1. The van der Waals surface area contributed by atoms with E-state index in [1.54, 1.807) is 11.1 Å². The van der Waals surface area contributed by atoms with Gasteiger partial charge in [-0.2, -0.15) is 0 Å². The summed E-state index contributed by atoms with van der Waals surface area (Å²) in [4.78, 5) is 22.7. The van der Waals surface area contributed by atoms with Crippen molar-refractivity contribution in [2.24, 2.45) is 5.92 Å². The predicted octanol–water partition coefficient (Wildman–Crippen LogP) is 2.18. The topological polar surface area (TPSA) is 80.5 Å². The van der Waals surface area contributed by atoms with Crippen LogP contribution < -0.4 is 0 Å². The summed E-state index contributed by atoms with van der Waals surface area (Å²) in [5, 5.41) is 9.57. The van der Waals surface area contributed by atoms with Gasteiger partial charge in [-0.1, -0.05) is 0 Å². The number of hydrogen-bond acceptors (Lipinski definition) is 5. The molecule has 0 bridgehead atoms. The van der Waals surface area contributed by atoms with Gasteiger partial charge in [0.25, 0.3) is 0 Å².